The molecular formula is C10H13F2N3O2. The zero-order valence-electron chi connectivity index (χ0n) is 9.56. The fourth-order valence-electron chi connectivity index (χ4n) is 1.97. The molecular weight excluding hydrogens is 232 g/mol. The van der Waals surface area contributed by atoms with Gasteiger partial charge in [-0.05, 0) is 13.8 Å². The second-order valence-electron chi connectivity index (χ2n) is 3.91. The molecule has 1 saturated heterocycles. The average molecular weight is 245 g/mol. The van der Waals surface area contributed by atoms with Gasteiger partial charge in [0.15, 0.2) is 0 Å². The molecule has 1 fully saturated rings. The molecule has 94 valence electrons. The topological polar surface area (TPSA) is 57.1 Å². The van der Waals surface area contributed by atoms with Crippen LogP contribution in [0.25, 0.3) is 0 Å². The number of ether oxygens (including phenoxy) is 2. The Hall–Kier alpha value is -1.21. The molecule has 1 aromatic heterocycles. The third-order valence-corrected chi connectivity index (χ3v) is 2.75. The predicted molar refractivity (Wildman–Crippen MR) is 53.3 cm³/mol. The summed E-state index contributed by atoms with van der Waals surface area (Å²) in [5, 5.41) is 0. The van der Waals surface area contributed by atoms with Gasteiger partial charge in [-0.3, -0.25) is 0 Å². The second kappa shape index (κ2) is 4.97. The summed E-state index contributed by atoms with van der Waals surface area (Å²) in [4.78, 5) is 9.89. The van der Waals surface area contributed by atoms with Crippen molar-refractivity contribution in [2.45, 2.75) is 32.0 Å². The third-order valence-electron chi connectivity index (χ3n) is 2.75. The number of halogens is 2. The molecule has 1 aliphatic rings. The number of hydrogen-bond donors (Lipinski definition) is 0. The van der Waals surface area contributed by atoms with Gasteiger partial charge in [-0.15, -0.1) is 0 Å². The van der Waals surface area contributed by atoms with Crippen LogP contribution in [0.3, 0.4) is 0 Å². The quantitative estimate of drug-likeness (QED) is 0.740. The monoisotopic (exact) mass is 245 g/mol. The van der Waals surface area contributed by atoms with Crippen molar-refractivity contribution in [2.75, 3.05) is 13.2 Å². The van der Waals surface area contributed by atoms with Gasteiger partial charge in [-0.25, -0.2) is 0 Å². The van der Waals surface area contributed by atoms with Gasteiger partial charge in [-0.2, -0.15) is 23.7 Å². The molecule has 1 aromatic rings. The van der Waals surface area contributed by atoms with Gasteiger partial charge < -0.3 is 9.47 Å². The summed E-state index contributed by atoms with van der Waals surface area (Å²) in [7, 11) is 0. The summed E-state index contributed by atoms with van der Waals surface area (Å²) >= 11 is 0. The molecule has 0 saturated carbocycles. The first-order valence-corrected chi connectivity index (χ1v) is 5.38. The van der Waals surface area contributed by atoms with Gasteiger partial charge in [0.05, 0.1) is 31.3 Å². The smallest absolute Gasteiger partial charge is 0.314 e. The van der Waals surface area contributed by atoms with Crippen molar-refractivity contribution < 1.29 is 18.3 Å². The number of nitrogens with zero attached hydrogens (tertiary/aromatic N) is 3. The number of aromatic nitrogens is 3. The molecule has 2 atom stereocenters. The molecule has 0 spiro atoms. The lowest BCUT2D eigenvalue weighted by Gasteiger charge is -2.23. The van der Waals surface area contributed by atoms with E-state index in [1.807, 2.05) is 0 Å². The summed E-state index contributed by atoms with van der Waals surface area (Å²) in [5.74, 6) is -0.388. The third kappa shape index (κ3) is 2.73. The summed E-state index contributed by atoms with van der Waals surface area (Å²) < 4.78 is 36.8. The van der Waals surface area contributed by atoms with Gasteiger partial charge in [0.2, 0.25) is 0 Å². The Morgan fingerprint density at radius 2 is 1.41 bits per heavy atom. The Balaban J connectivity index is 2.34. The maximum absolute atomic E-state index is 13.0. The molecule has 2 heterocycles. The van der Waals surface area contributed by atoms with Crippen LogP contribution >= 0.6 is 0 Å². The predicted octanol–water partition coefficient (Wildman–Crippen LogP) is 1.06. The number of rotatable bonds is 1. The molecule has 0 bridgehead atoms. The minimum atomic E-state index is -1.13. The van der Waals surface area contributed by atoms with Crippen LogP contribution in [-0.2, 0) is 9.47 Å². The summed E-state index contributed by atoms with van der Waals surface area (Å²) in [6.07, 6.45) is -2.80. The largest absolute Gasteiger partial charge is 0.375 e. The first-order valence-electron chi connectivity index (χ1n) is 5.38. The van der Waals surface area contributed by atoms with Crippen molar-refractivity contribution in [2.24, 2.45) is 0 Å². The zero-order valence-corrected chi connectivity index (χ0v) is 9.56. The average Bonchev–Trinajstić information content (AvgIpc) is 2.38. The maximum Gasteiger partial charge on any atom is 0.314 e. The highest BCUT2D eigenvalue weighted by molar-refractivity contribution is 5.01. The Bertz CT molecular complexity index is 373. The first kappa shape index (κ1) is 12.3. The van der Waals surface area contributed by atoms with Crippen LogP contribution in [0.4, 0.5) is 8.78 Å². The Kier molecular flexibility index (Phi) is 3.58. The van der Waals surface area contributed by atoms with Crippen molar-refractivity contribution in [1.29, 1.82) is 0 Å². The highest BCUT2D eigenvalue weighted by atomic mass is 19.1. The van der Waals surface area contributed by atoms with Crippen molar-refractivity contribution in [3.05, 3.63) is 18.0 Å². The van der Waals surface area contributed by atoms with Crippen LogP contribution in [-0.4, -0.2) is 40.4 Å². The molecule has 1 aliphatic heterocycles. The molecule has 2 unspecified atom stereocenters. The van der Waals surface area contributed by atoms with Crippen LogP contribution < -0.4 is 0 Å². The van der Waals surface area contributed by atoms with Crippen LogP contribution in [0.1, 0.15) is 25.6 Å². The van der Waals surface area contributed by atoms with Crippen molar-refractivity contribution in [3.8, 4) is 0 Å². The minimum Gasteiger partial charge on any atom is -0.375 e. The van der Waals surface area contributed by atoms with Gasteiger partial charge >= 0.3 is 12.2 Å². The van der Waals surface area contributed by atoms with Crippen molar-refractivity contribution >= 4 is 0 Å². The zero-order chi connectivity index (χ0) is 12.4. The molecule has 17 heavy (non-hydrogen) atoms. The van der Waals surface area contributed by atoms with Crippen molar-refractivity contribution in [3.63, 3.8) is 0 Å². The number of hydrogen-bond acceptors (Lipinski definition) is 5. The molecule has 0 N–H and O–H groups in total. The molecule has 0 aromatic carbocycles. The molecule has 2 rings (SSSR count). The Morgan fingerprint density at radius 1 is 0.941 bits per heavy atom. The summed E-state index contributed by atoms with van der Waals surface area (Å²) in [5.41, 5.74) is 0. The normalized spacial score (nSPS) is 30.0. The highest BCUT2D eigenvalue weighted by Gasteiger charge is 2.32. The fourth-order valence-corrected chi connectivity index (χ4v) is 1.97. The summed E-state index contributed by atoms with van der Waals surface area (Å²) in [6, 6.07) is 0. The van der Waals surface area contributed by atoms with Gasteiger partial charge in [0, 0.05) is 0 Å². The van der Waals surface area contributed by atoms with E-state index in [9.17, 15) is 8.78 Å². The lowest BCUT2D eigenvalue weighted by molar-refractivity contribution is 0.0557. The van der Waals surface area contributed by atoms with Gasteiger partial charge in [0.25, 0.3) is 0 Å². The van der Waals surface area contributed by atoms with E-state index in [4.69, 9.17) is 9.47 Å². The van der Waals surface area contributed by atoms with Gasteiger partial charge in [0.1, 0.15) is 5.82 Å². The van der Waals surface area contributed by atoms with E-state index < -0.39 is 18.1 Å². The standard InChI is InChI=1S/C10H13F2N3O2/c1-5-7(6(2)17-4-3-16-5)8-13-9(11)15-10(12)14-8/h5-7H,3-4H2,1-2H3. The van der Waals surface area contributed by atoms with Crippen molar-refractivity contribution in [1.82, 2.24) is 15.0 Å². The first-order chi connectivity index (χ1) is 8.08. The van der Waals surface area contributed by atoms with E-state index in [1.165, 1.54) is 0 Å². The summed E-state index contributed by atoms with van der Waals surface area (Å²) in [6.45, 7) is 4.49. The lowest BCUT2D eigenvalue weighted by atomic mass is 9.97. The van der Waals surface area contributed by atoms with E-state index in [-0.39, 0.29) is 18.0 Å². The van der Waals surface area contributed by atoms with Crippen LogP contribution in [0.5, 0.6) is 0 Å². The fraction of sp³-hybridized carbons (Fsp3) is 0.700. The van der Waals surface area contributed by atoms with E-state index in [2.05, 4.69) is 15.0 Å². The molecule has 0 amide bonds. The Labute approximate surface area is 97.2 Å². The lowest BCUT2D eigenvalue weighted by Crippen LogP contribution is -2.29. The molecule has 5 nitrogen and oxygen atoms in total. The van der Waals surface area contributed by atoms with Crippen LogP contribution in [0, 0.1) is 12.2 Å². The maximum atomic E-state index is 13.0. The van der Waals surface area contributed by atoms with Crippen LogP contribution in [0.15, 0.2) is 0 Å². The second-order valence-corrected chi connectivity index (χ2v) is 3.91. The van der Waals surface area contributed by atoms with E-state index in [0.717, 1.165) is 0 Å². The minimum absolute atomic E-state index is 0.0249. The molecule has 0 aliphatic carbocycles. The highest BCUT2D eigenvalue weighted by Crippen LogP contribution is 2.26. The van der Waals surface area contributed by atoms with Gasteiger partial charge in [-0.1, -0.05) is 0 Å². The SMILES string of the molecule is CC1OCCOC(C)C1c1nc(F)nc(F)n1. The molecule has 7 heteroatoms. The van der Waals surface area contributed by atoms with E-state index >= 15 is 0 Å². The molecule has 0 radical (unpaired) electrons. The van der Waals surface area contributed by atoms with E-state index in [0.29, 0.717) is 13.2 Å². The Morgan fingerprint density at radius 3 is 1.88 bits per heavy atom. The van der Waals surface area contributed by atoms with Crippen LogP contribution in [0.2, 0.25) is 0 Å². The van der Waals surface area contributed by atoms with E-state index in [1.54, 1.807) is 13.8 Å².